The Bertz CT molecular complexity index is 1220. The Hall–Kier alpha value is -2.72. The van der Waals surface area contributed by atoms with Gasteiger partial charge in [-0.3, -0.25) is 0 Å². The second-order valence-corrected chi connectivity index (χ2v) is 9.17. The summed E-state index contributed by atoms with van der Waals surface area (Å²) < 4.78 is 44.7. The molecule has 1 aromatic heterocycles. The fourth-order valence-electron chi connectivity index (χ4n) is 3.77. The average molecular weight is 445 g/mol. The van der Waals surface area contributed by atoms with E-state index in [0.717, 1.165) is 26.6 Å². The van der Waals surface area contributed by atoms with Gasteiger partial charge in [-0.1, -0.05) is 35.5 Å². The van der Waals surface area contributed by atoms with E-state index in [1.807, 2.05) is 12.1 Å². The van der Waals surface area contributed by atoms with Gasteiger partial charge in [0.05, 0.1) is 24.7 Å². The van der Waals surface area contributed by atoms with Gasteiger partial charge in [0.25, 0.3) is 10.0 Å². The highest BCUT2D eigenvalue weighted by atomic mass is 32.2. The number of aliphatic hydroxyl groups excluding tert-OH is 1. The Kier molecular flexibility index (Phi) is 5.85. The zero-order valence-corrected chi connectivity index (χ0v) is 18.4. The van der Waals surface area contributed by atoms with Crippen LogP contribution >= 0.6 is 0 Å². The van der Waals surface area contributed by atoms with Gasteiger partial charge in [0.15, 0.2) is 5.82 Å². The van der Waals surface area contributed by atoms with Crippen LogP contribution in [0.3, 0.4) is 0 Å². The fraction of sp³-hybridized carbons (Fsp3) is 0.318. The van der Waals surface area contributed by atoms with E-state index >= 15 is 0 Å². The Morgan fingerprint density at radius 1 is 1.10 bits per heavy atom. The standard InChI is InChI=1S/C22H24N2O6S/c1-14-15(2)30-23-22(14)24(13-28-3)31(26,27)21-7-5-4-6-18(21)17-9-8-16(10-25)19-11-29-12-20(17)19/h4-9,25H,10-13H2,1-3H3. The Morgan fingerprint density at radius 2 is 1.84 bits per heavy atom. The fourth-order valence-corrected chi connectivity index (χ4v) is 5.36. The molecule has 0 radical (unpaired) electrons. The molecule has 0 fully saturated rings. The molecular weight excluding hydrogens is 420 g/mol. The lowest BCUT2D eigenvalue weighted by atomic mass is 9.94. The minimum Gasteiger partial charge on any atom is -0.392 e. The van der Waals surface area contributed by atoms with E-state index in [1.165, 1.54) is 7.11 Å². The van der Waals surface area contributed by atoms with Gasteiger partial charge in [-0.2, -0.15) is 0 Å². The normalized spacial score (nSPS) is 13.4. The number of benzene rings is 2. The molecule has 3 aromatic rings. The molecule has 164 valence electrons. The highest BCUT2D eigenvalue weighted by molar-refractivity contribution is 7.93. The molecule has 0 saturated carbocycles. The molecule has 1 N–H and O–H groups in total. The second kappa shape index (κ2) is 8.43. The van der Waals surface area contributed by atoms with Crippen LogP contribution < -0.4 is 4.31 Å². The van der Waals surface area contributed by atoms with Crippen LogP contribution in [0.15, 0.2) is 45.8 Å². The number of aromatic nitrogens is 1. The molecule has 9 heteroatoms. The van der Waals surface area contributed by atoms with E-state index in [9.17, 15) is 13.5 Å². The van der Waals surface area contributed by atoms with Crippen LogP contribution in [-0.2, 0) is 39.3 Å². The molecule has 0 saturated heterocycles. The molecule has 0 aliphatic carbocycles. The quantitative estimate of drug-likeness (QED) is 0.558. The first kappa shape index (κ1) is 21.5. The van der Waals surface area contributed by atoms with Gasteiger partial charge in [0.2, 0.25) is 0 Å². The monoisotopic (exact) mass is 444 g/mol. The third-order valence-electron chi connectivity index (χ3n) is 5.55. The Labute approximate surface area is 181 Å². The molecule has 1 aliphatic heterocycles. The van der Waals surface area contributed by atoms with Gasteiger partial charge < -0.3 is 19.1 Å². The molecule has 0 spiro atoms. The molecule has 0 amide bonds. The number of aryl methyl sites for hydroxylation is 1. The highest BCUT2D eigenvalue weighted by Crippen LogP contribution is 2.38. The first-order valence-corrected chi connectivity index (χ1v) is 11.2. The minimum absolute atomic E-state index is 0.0989. The minimum atomic E-state index is -4.04. The lowest BCUT2D eigenvalue weighted by molar-refractivity contribution is 0.133. The molecule has 0 atom stereocenters. The summed E-state index contributed by atoms with van der Waals surface area (Å²) >= 11 is 0. The van der Waals surface area contributed by atoms with Crippen molar-refractivity contribution < 1.29 is 27.5 Å². The van der Waals surface area contributed by atoms with Crippen molar-refractivity contribution >= 4 is 15.8 Å². The molecule has 0 unspecified atom stereocenters. The maximum Gasteiger partial charge on any atom is 0.268 e. The van der Waals surface area contributed by atoms with Gasteiger partial charge in [-0.25, -0.2) is 12.7 Å². The number of rotatable bonds is 7. The molecule has 2 aromatic carbocycles. The number of anilines is 1. The van der Waals surface area contributed by atoms with Crippen LogP contribution in [0.25, 0.3) is 11.1 Å². The molecule has 1 aliphatic rings. The number of nitrogens with zero attached hydrogens (tertiary/aromatic N) is 2. The molecular formula is C22H24N2O6S. The number of ether oxygens (including phenoxy) is 2. The summed E-state index contributed by atoms with van der Waals surface area (Å²) in [5.74, 6) is 0.729. The number of sulfonamides is 1. The first-order valence-electron chi connectivity index (χ1n) is 9.76. The zero-order chi connectivity index (χ0) is 22.2. The van der Waals surface area contributed by atoms with Crippen LogP contribution in [0.2, 0.25) is 0 Å². The highest BCUT2D eigenvalue weighted by Gasteiger charge is 2.32. The Balaban J connectivity index is 1.89. The third-order valence-corrected chi connectivity index (χ3v) is 7.32. The molecule has 8 nitrogen and oxygen atoms in total. The van der Waals surface area contributed by atoms with Gasteiger partial charge in [0, 0.05) is 18.2 Å². The predicted molar refractivity (Wildman–Crippen MR) is 114 cm³/mol. The van der Waals surface area contributed by atoms with Crippen molar-refractivity contribution in [2.75, 3.05) is 18.1 Å². The van der Waals surface area contributed by atoms with Crippen molar-refractivity contribution in [2.24, 2.45) is 0 Å². The van der Waals surface area contributed by atoms with Crippen molar-refractivity contribution in [3.63, 3.8) is 0 Å². The number of hydrogen-bond acceptors (Lipinski definition) is 7. The average Bonchev–Trinajstić information content (AvgIpc) is 3.39. The summed E-state index contributed by atoms with van der Waals surface area (Å²) in [6, 6.07) is 10.5. The smallest absolute Gasteiger partial charge is 0.268 e. The summed E-state index contributed by atoms with van der Waals surface area (Å²) in [6.07, 6.45) is 0. The van der Waals surface area contributed by atoms with Crippen LogP contribution in [0, 0.1) is 13.8 Å². The third kappa shape index (κ3) is 3.63. The maximum absolute atomic E-state index is 13.8. The van der Waals surface area contributed by atoms with Crippen molar-refractivity contribution in [1.29, 1.82) is 0 Å². The molecule has 4 rings (SSSR count). The lowest BCUT2D eigenvalue weighted by Gasteiger charge is -2.23. The van der Waals surface area contributed by atoms with Gasteiger partial charge >= 0.3 is 0 Å². The van der Waals surface area contributed by atoms with E-state index in [0.29, 0.717) is 30.1 Å². The maximum atomic E-state index is 13.8. The largest absolute Gasteiger partial charge is 0.392 e. The number of methoxy groups -OCH3 is 1. The van der Waals surface area contributed by atoms with Crippen LogP contribution in [-0.4, -0.2) is 32.5 Å². The lowest BCUT2D eigenvalue weighted by Crippen LogP contribution is -2.34. The number of aliphatic hydroxyl groups is 1. The van der Waals surface area contributed by atoms with Crippen molar-refractivity contribution in [3.05, 3.63) is 64.4 Å². The van der Waals surface area contributed by atoms with Crippen LogP contribution in [0.1, 0.15) is 28.0 Å². The summed E-state index contributed by atoms with van der Waals surface area (Å²) in [5.41, 5.74) is 4.51. The van der Waals surface area contributed by atoms with E-state index in [2.05, 4.69) is 5.16 Å². The van der Waals surface area contributed by atoms with E-state index in [4.69, 9.17) is 14.0 Å². The van der Waals surface area contributed by atoms with Gasteiger partial charge in [0.1, 0.15) is 12.5 Å². The van der Waals surface area contributed by atoms with Gasteiger partial charge in [-0.15, -0.1) is 0 Å². The SMILES string of the molecule is COCN(c1noc(C)c1C)S(=O)(=O)c1ccccc1-c1ccc(CO)c2c1COC2. The van der Waals surface area contributed by atoms with Gasteiger partial charge in [-0.05, 0) is 42.2 Å². The summed E-state index contributed by atoms with van der Waals surface area (Å²) in [7, 11) is -2.62. The molecule has 2 heterocycles. The van der Waals surface area contributed by atoms with E-state index in [-0.39, 0.29) is 24.1 Å². The predicted octanol–water partition coefficient (Wildman–Crippen LogP) is 3.28. The van der Waals surface area contributed by atoms with Crippen LogP contribution in [0.5, 0.6) is 0 Å². The van der Waals surface area contributed by atoms with Crippen molar-refractivity contribution in [2.45, 2.75) is 38.6 Å². The van der Waals surface area contributed by atoms with E-state index in [1.54, 1.807) is 38.1 Å². The van der Waals surface area contributed by atoms with Crippen molar-refractivity contribution in [1.82, 2.24) is 5.16 Å². The Morgan fingerprint density at radius 3 is 2.52 bits per heavy atom. The molecule has 31 heavy (non-hydrogen) atoms. The number of fused-ring (bicyclic) bond motifs is 1. The van der Waals surface area contributed by atoms with Crippen molar-refractivity contribution in [3.8, 4) is 11.1 Å². The summed E-state index contributed by atoms with van der Waals surface area (Å²) in [6.45, 7) is 3.91. The summed E-state index contributed by atoms with van der Waals surface area (Å²) in [4.78, 5) is 0.123. The topological polar surface area (TPSA) is 102 Å². The van der Waals surface area contributed by atoms with E-state index < -0.39 is 10.0 Å². The van der Waals surface area contributed by atoms with Crippen LogP contribution in [0.4, 0.5) is 5.82 Å². The molecule has 0 bridgehead atoms. The second-order valence-electron chi connectivity index (χ2n) is 7.34. The first-order chi connectivity index (χ1) is 14.9. The number of hydrogen-bond donors (Lipinski definition) is 1. The zero-order valence-electron chi connectivity index (χ0n) is 17.6. The summed E-state index contributed by atoms with van der Waals surface area (Å²) in [5, 5.41) is 13.6.